The van der Waals surface area contributed by atoms with E-state index in [2.05, 4.69) is 11.8 Å². The summed E-state index contributed by atoms with van der Waals surface area (Å²) in [6, 6.07) is 0.834. The minimum Gasteiger partial charge on any atom is -0.381 e. The van der Waals surface area contributed by atoms with E-state index in [1.54, 1.807) is 0 Å². The predicted molar refractivity (Wildman–Crippen MR) is 65.2 cm³/mol. The summed E-state index contributed by atoms with van der Waals surface area (Å²) in [5, 5.41) is 0. The SMILES string of the molecule is CC.CC1CCN(C2CCOCC2)CC1. The second-order valence-corrected chi connectivity index (χ2v) is 4.56. The summed E-state index contributed by atoms with van der Waals surface area (Å²) in [5.41, 5.74) is 0. The van der Waals surface area contributed by atoms with Crippen LogP contribution in [0.25, 0.3) is 0 Å². The van der Waals surface area contributed by atoms with Gasteiger partial charge in [-0.1, -0.05) is 20.8 Å². The molecule has 2 rings (SSSR count). The molecule has 0 saturated carbocycles. The van der Waals surface area contributed by atoms with Gasteiger partial charge in [0, 0.05) is 19.3 Å². The van der Waals surface area contributed by atoms with Crippen molar-refractivity contribution in [2.75, 3.05) is 26.3 Å². The molecule has 2 heteroatoms. The van der Waals surface area contributed by atoms with Crippen LogP contribution in [0, 0.1) is 5.92 Å². The van der Waals surface area contributed by atoms with Gasteiger partial charge in [-0.3, -0.25) is 0 Å². The molecule has 2 heterocycles. The van der Waals surface area contributed by atoms with Crippen molar-refractivity contribution in [3.05, 3.63) is 0 Å². The number of rotatable bonds is 1. The van der Waals surface area contributed by atoms with Gasteiger partial charge in [-0.05, 0) is 44.7 Å². The molecule has 0 spiro atoms. The normalized spacial score (nSPS) is 25.8. The van der Waals surface area contributed by atoms with Crippen LogP contribution in [0.15, 0.2) is 0 Å². The molecule has 15 heavy (non-hydrogen) atoms. The topological polar surface area (TPSA) is 12.5 Å². The number of likely N-dealkylation sites (tertiary alicyclic amines) is 1. The van der Waals surface area contributed by atoms with Crippen LogP contribution in [-0.4, -0.2) is 37.2 Å². The van der Waals surface area contributed by atoms with E-state index in [-0.39, 0.29) is 0 Å². The van der Waals surface area contributed by atoms with Gasteiger partial charge in [0.15, 0.2) is 0 Å². The van der Waals surface area contributed by atoms with Crippen molar-refractivity contribution in [1.82, 2.24) is 4.90 Å². The van der Waals surface area contributed by atoms with Crippen molar-refractivity contribution in [3.63, 3.8) is 0 Å². The predicted octanol–water partition coefficient (Wildman–Crippen LogP) is 2.92. The molecule has 2 fully saturated rings. The monoisotopic (exact) mass is 213 g/mol. The van der Waals surface area contributed by atoms with Crippen molar-refractivity contribution < 1.29 is 4.74 Å². The first-order valence-electron chi connectivity index (χ1n) is 6.68. The first-order chi connectivity index (χ1) is 7.36. The van der Waals surface area contributed by atoms with Gasteiger partial charge in [0.2, 0.25) is 0 Å². The van der Waals surface area contributed by atoms with Crippen molar-refractivity contribution in [2.24, 2.45) is 5.92 Å². The molecule has 0 unspecified atom stereocenters. The highest BCUT2D eigenvalue weighted by Crippen LogP contribution is 2.22. The molecule has 0 N–H and O–H groups in total. The smallest absolute Gasteiger partial charge is 0.0480 e. The number of hydrogen-bond acceptors (Lipinski definition) is 2. The molecule has 2 saturated heterocycles. The number of hydrogen-bond donors (Lipinski definition) is 0. The average molecular weight is 213 g/mol. The molecule has 2 aliphatic rings. The minimum atomic E-state index is 0.834. The lowest BCUT2D eigenvalue weighted by Crippen LogP contribution is -2.43. The lowest BCUT2D eigenvalue weighted by atomic mass is 9.96. The number of nitrogens with zero attached hydrogens (tertiary/aromatic N) is 1. The van der Waals surface area contributed by atoms with Gasteiger partial charge in [0.25, 0.3) is 0 Å². The van der Waals surface area contributed by atoms with Crippen molar-refractivity contribution in [1.29, 1.82) is 0 Å². The lowest BCUT2D eigenvalue weighted by Gasteiger charge is -2.38. The Morgan fingerprint density at radius 2 is 1.47 bits per heavy atom. The van der Waals surface area contributed by atoms with Gasteiger partial charge in [-0.25, -0.2) is 0 Å². The van der Waals surface area contributed by atoms with Crippen LogP contribution in [-0.2, 0) is 4.74 Å². The molecule has 90 valence electrons. The second-order valence-electron chi connectivity index (χ2n) is 4.56. The third-order valence-electron chi connectivity index (χ3n) is 3.53. The standard InChI is InChI=1S/C11H21NO.C2H6/c1-10-2-6-12(7-3-10)11-4-8-13-9-5-11;1-2/h10-11H,2-9H2,1H3;1-2H3. The summed E-state index contributed by atoms with van der Waals surface area (Å²) in [7, 11) is 0. The van der Waals surface area contributed by atoms with E-state index < -0.39 is 0 Å². The highest BCUT2D eigenvalue weighted by atomic mass is 16.5. The van der Waals surface area contributed by atoms with Gasteiger partial charge in [-0.2, -0.15) is 0 Å². The maximum Gasteiger partial charge on any atom is 0.0480 e. The van der Waals surface area contributed by atoms with E-state index >= 15 is 0 Å². The Labute approximate surface area is 95.0 Å². The fraction of sp³-hybridized carbons (Fsp3) is 1.00. The Balaban J connectivity index is 0.000000531. The molecule has 0 aliphatic carbocycles. The molecule has 2 nitrogen and oxygen atoms in total. The van der Waals surface area contributed by atoms with E-state index in [1.807, 2.05) is 13.8 Å². The van der Waals surface area contributed by atoms with Gasteiger partial charge < -0.3 is 9.64 Å². The molecule has 0 aromatic rings. The van der Waals surface area contributed by atoms with Gasteiger partial charge in [-0.15, -0.1) is 0 Å². The molecule has 2 aliphatic heterocycles. The molecule has 0 radical (unpaired) electrons. The molecule has 0 aromatic carbocycles. The molecular formula is C13H27NO. The van der Waals surface area contributed by atoms with E-state index in [9.17, 15) is 0 Å². The number of piperidine rings is 1. The zero-order chi connectivity index (χ0) is 11.1. The van der Waals surface area contributed by atoms with E-state index in [4.69, 9.17) is 4.74 Å². The third kappa shape index (κ3) is 4.12. The van der Waals surface area contributed by atoms with E-state index in [1.165, 1.54) is 38.8 Å². The Morgan fingerprint density at radius 1 is 0.933 bits per heavy atom. The summed E-state index contributed by atoms with van der Waals surface area (Å²) in [6.45, 7) is 11.0. The van der Waals surface area contributed by atoms with E-state index in [0.29, 0.717) is 0 Å². The van der Waals surface area contributed by atoms with Crippen LogP contribution < -0.4 is 0 Å². The fourth-order valence-corrected chi connectivity index (χ4v) is 2.44. The fourth-order valence-electron chi connectivity index (χ4n) is 2.44. The van der Waals surface area contributed by atoms with Gasteiger partial charge in [0.05, 0.1) is 0 Å². The maximum absolute atomic E-state index is 5.38. The Hall–Kier alpha value is -0.0800. The molecular weight excluding hydrogens is 186 g/mol. The first-order valence-corrected chi connectivity index (χ1v) is 6.68. The third-order valence-corrected chi connectivity index (χ3v) is 3.53. The summed E-state index contributed by atoms with van der Waals surface area (Å²) in [4.78, 5) is 2.68. The Bertz CT molecular complexity index is 147. The van der Waals surface area contributed by atoms with Crippen LogP contribution in [0.1, 0.15) is 46.5 Å². The quantitative estimate of drug-likeness (QED) is 0.664. The molecule has 0 bridgehead atoms. The van der Waals surface area contributed by atoms with Crippen LogP contribution in [0.2, 0.25) is 0 Å². The van der Waals surface area contributed by atoms with E-state index in [0.717, 1.165) is 25.2 Å². The highest BCUT2D eigenvalue weighted by molar-refractivity contribution is 4.78. The molecule has 0 amide bonds. The Morgan fingerprint density at radius 3 is 2.00 bits per heavy atom. The summed E-state index contributed by atoms with van der Waals surface area (Å²) in [6.07, 6.45) is 5.32. The van der Waals surface area contributed by atoms with Gasteiger partial charge >= 0.3 is 0 Å². The average Bonchev–Trinajstić information content (AvgIpc) is 2.34. The van der Waals surface area contributed by atoms with Crippen LogP contribution in [0.3, 0.4) is 0 Å². The maximum atomic E-state index is 5.38. The van der Waals surface area contributed by atoms with Crippen molar-refractivity contribution >= 4 is 0 Å². The number of ether oxygens (including phenoxy) is 1. The minimum absolute atomic E-state index is 0.834. The zero-order valence-electron chi connectivity index (χ0n) is 10.7. The first kappa shape index (κ1) is 13.0. The van der Waals surface area contributed by atoms with Gasteiger partial charge in [0.1, 0.15) is 0 Å². The zero-order valence-corrected chi connectivity index (χ0v) is 10.7. The Kier molecular flexibility index (Phi) is 6.26. The highest BCUT2D eigenvalue weighted by Gasteiger charge is 2.24. The van der Waals surface area contributed by atoms with Crippen LogP contribution >= 0.6 is 0 Å². The summed E-state index contributed by atoms with van der Waals surface area (Å²) in [5.74, 6) is 0.955. The largest absolute Gasteiger partial charge is 0.381 e. The van der Waals surface area contributed by atoms with Crippen molar-refractivity contribution in [3.8, 4) is 0 Å². The molecule has 0 aromatic heterocycles. The second kappa shape index (κ2) is 7.24. The molecule has 0 atom stereocenters. The van der Waals surface area contributed by atoms with Crippen molar-refractivity contribution in [2.45, 2.75) is 52.5 Å². The lowest BCUT2D eigenvalue weighted by molar-refractivity contribution is 0.0222. The van der Waals surface area contributed by atoms with Crippen LogP contribution in [0.4, 0.5) is 0 Å². The summed E-state index contributed by atoms with van der Waals surface area (Å²) >= 11 is 0. The summed E-state index contributed by atoms with van der Waals surface area (Å²) < 4.78 is 5.38. The van der Waals surface area contributed by atoms with Crippen LogP contribution in [0.5, 0.6) is 0 Å².